The van der Waals surface area contributed by atoms with E-state index in [1.165, 1.54) is 12.1 Å². The van der Waals surface area contributed by atoms with E-state index in [0.29, 0.717) is 45.6 Å². The van der Waals surface area contributed by atoms with Gasteiger partial charge in [-0.05, 0) is 54.3 Å². The van der Waals surface area contributed by atoms with E-state index in [1.54, 1.807) is 42.2 Å². The lowest BCUT2D eigenvalue weighted by Gasteiger charge is -2.38. The number of hydrogen-bond acceptors (Lipinski definition) is 3. The van der Waals surface area contributed by atoms with Gasteiger partial charge in [-0.2, -0.15) is 0 Å². The first-order valence-electron chi connectivity index (χ1n) is 10.5. The zero-order valence-electron chi connectivity index (χ0n) is 17.7. The van der Waals surface area contributed by atoms with Crippen molar-refractivity contribution in [3.05, 3.63) is 111 Å². The zero-order chi connectivity index (χ0) is 23.1. The maximum atomic E-state index is 14.0. The normalized spacial score (nSPS) is 15.4. The van der Waals surface area contributed by atoms with Gasteiger partial charge in [0.05, 0.1) is 16.1 Å². The Morgan fingerprint density at radius 2 is 1.73 bits per heavy atom. The molecule has 2 heterocycles. The maximum Gasteiger partial charge on any atom is 0.260 e. The predicted molar refractivity (Wildman–Crippen MR) is 126 cm³/mol. The first kappa shape index (κ1) is 21.7. The zero-order valence-corrected chi connectivity index (χ0v) is 19.2. The molecule has 7 heteroatoms. The Bertz CT molecular complexity index is 1330. The third-order valence-corrected chi connectivity index (χ3v) is 6.64. The summed E-state index contributed by atoms with van der Waals surface area (Å²) >= 11 is 12.8. The molecule has 0 saturated carbocycles. The predicted octanol–water partition coefficient (Wildman–Crippen LogP) is 6.88. The van der Waals surface area contributed by atoms with E-state index in [9.17, 15) is 9.18 Å². The van der Waals surface area contributed by atoms with Gasteiger partial charge in [0.25, 0.3) is 5.91 Å². The number of amides is 1. The lowest BCUT2D eigenvalue weighted by Crippen LogP contribution is -2.41. The highest BCUT2D eigenvalue weighted by molar-refractivity contribution is 6.39. The molecule has 1 amide bonds. The molecule has 4 aromatic rings. The molecular weight excluding hydrogens is 462 g/mol. The second kappa shape index (κ2) is 8.65. The molecule has 1 atom stereocenters. The van der Waals surface area contributed by atoms with Crippen molar-refractivity contribution in [3.63, 3.8) is 0 Å². The number of nitrogens with zero attached hydrogens (tertiary/aromatic N) is 2. The molecule has 1 aliphatic rings. The van der Waals surface area contributed by atoms with E-state index >= 15 is 0 Å². The second-order valence-electron chi connectivity index (χ2n) is 7.96. The third kappa shape index (κ3) is 3.81. The van der Waals surface area contributed by atoms with Crippen LogP contribution in [-0.2, 0) is 6.42 Å². The number of halogens is 3. The number of hydrogen-bond donors (Lipinski definition) is 0. The van der Waals surface area contributed by atoms with Crippen LogP contribution in [0.2, 0.25) is 10.0 Å². The number of fused-ring (bicyclic) bond motifs is 1. The molecule has 0 bridgehead atoms. The Morgan fingerprint density at radius 1 is 1.03 bits per heavy atom. The van der Waals surface area contributed by atoms with Crippen molar-refractivity contribution in [2.45, 2.75) is 19.4 Å². The summed E-state index contributed by atoms with van der Waals surface area (Å²) in [5.41, 5.74) is 4.07. The van der Waals surface area contributed by atoms with Crippen LogP contribution in [0.25, 0.3) is 11.3 Å². The molecule has 1 aromatic heterocycles. The van der Waals surface area contributed by atoms with Crippen molar-refractivity contribution in [3.8, 4) is 11.3 Å². The lowest BCUT2D eigenvalue weighted by atomic mass is 9.87. The fourth-order valence-electron chi connectivity index (χ4n) is 4.45. The molecule has 0 N–H and O–H groups in total. The van der Waals surface area contributed by atoms with Crippen LogP contribution in [0.3, 0.4) is 0 Å². The standard InChI is InChI=1S/C26H19Cl2FN2O2/c1-15-22(24(30-33-15)23-20(27)7-4-8-21(23)28)26(32)31-14-13-16-5-2-3-6-19(16)25(31)17-9-11-18(29)12-10-17/h2-12,25H,13-14H2,1H3/t25-/m1/s1. The van der Waals surface area contributed by atoms with Gasteiger partial charge in [-0.25, -0.2) is 4.39 Å². The highest BCUT2D eigenvalue weighted by Crippen LogP contribution is 2.40. The van der Waals surface area contributed by atoms with Crippen LogP contribution < -0.4 is 0 Å². The summed E-state index contributed by atoms with van der Waals surface area (Å²) in [6.45, 7) is 2.18. The molecule has 1 aliphatic heterocycles. The average Bonchev–Trinajstić information content (AvgIpc) is 3.19. The van der Waals surface area contributed by atoms with E-state index < -0.39 is 0 Å². The van der Waals surface area contributed by atoms with Crippen molar-refractivity contribution in [1.82, 2.24) is 10.1 Å². The van der Waals surface area contributed by atoms with Crippen LogP contribution in [0.15, 0.2) is 71.3 Å². The summed E-state index contributed by atoms with van der Waals surface area (Å²) in [6, 6.07) is 19.0. The molecule has 0 spiro atoms. The highest BCUT2D eigenvalue weighted by atomic mass is 35.5. The summed E-state index contributed by atoms with van der Waals surface area (Å²) in [6.07, 6.45) is 0.701. The fourth-order valence-corrected chi connectivity index (χ4v) is 5.03. The van der Waals surface area contributed by atoms with E-state index in [0.717, 1.165) is 16.7 Å². The number of rotatable bonds is 3. The molecule has 166 valence electrons. The summed E-state index contributed by atoms with van der Waals surface area (Å²) in [7, 11) is 0. The quantitative estimate of drug-likeness (QED) is 0.320. The number of carbonyl (C=O) groups is 1. The SMILES string of the molecule is Cc1onc(-c2c(Cl)cccc2Cl)c1C(=O)N1CCc2ccccc2[C@H]1c1ccc(F)cc1. The maximum absolute atomic E-state index is 14.0. The van der Waals surface area contributed by atoms with Gasteiger partial charge < -0.3 is 9.42 Å². The van der Waals surface area contributed by atoms with Crippen molar-refractivity contribution < 1.29 is 13.7 Å². The minimum absolute atomic E-state index is 0.247. The highest BCUT2D eigenvalue weighted by Gasteiger charge is 2.36. The minimum Gasteiger partial charge on any atom is -0.360 e. The van der Waals surface area contributed by atoms with Crippen molar-refractivity contribution in [2.75, 3.05) is 6.54 Å². The first-order valence-corrected chi connectivity index (χ1v) is 11.3. The Kier molecular flexibility index (Phi) is 5.69. The Balaban J connectivity index is 1.64. The number of carbonyl (C=O) groups excluding carboxylic acids is 1. The van der Waals surface area contributed by atoms with Gasteiger partial charge in [0, 0.05) is 12.1 Å². The molecule has 3 aromatic carbocycles. The van der Waals surface area contributed by atoms with Gasteiger partial charge in [0.15, 0.2) is 0 Å². The molecular formula is C26H19Cl2FN2O2. The number of aryl methyl sites for hydroxylation is 1. The largest absolute Gasteiger partial charge is 0.360 e. The molecule has 0 aliphatic carbocycles. The average molecular weight is 481 g/mol. The number of benzene rings is 3. The van der Waals surface area contributed by atoms with Crippen LogP contribution >= 0.6 is 23.2 Å². The van der Waals surface area contributed by atoms with Crippen LogP contribution in [-0.4, -0.2) is 22.5 Å². The van der Waals surface area contributed by atoms with Gasteiger partial charge in [0.2, 0.25) is 0 Å². The summed E-state index contributed by atoms with van der Waals surface area (Å²) in [4.78, 5) is 15.8. The summed E-state index contributed by atoms with van der Waals surface area (Å²) < 4.78 is 19.1. The van der Waals surface area contributed by atoms with Crippen LogP contribution in [0.5, 0.6) is 0 Å². The topological polar surface area (TPSA) is 46.3 Å². The molecule has 0 fully saturated rings. The molecule has 4 nitrogen and oxygen atoms in total. The van der Waals surface area contributed by atoms with E-state index in [2.05, 4.69) is 11.2 Å². The molecule has 5 rings (SSSR count). The van der Waals surface area contributed by atoms with E-state index in [4.69, 9.17) is 27.7 Å². The monoisotopic (exact) mass is 480 g/mol. The fraction of sp³-hybridized carbons (Fsp3) is 0.154. The van der Waals surface area contributed by atoms with Crippen LogP contribution in [0.1, 0.15) is 38.9 Å². The first-order chi connectivity index (χ1) is 16.0. The Hall–Kier alpha value is -3.15. The van der Waals surface area contributed by atoms with Crippen molar-refractivity contribution in [2.24, 2.45) is 0 Å². The van der Waals surface area contributed by atoms with Crippen molar-refractivity contribution >= 4 is 29.1 Å². The van der Waals surface area contributed by atoms with Crippen LogP contribution in [0.4, 0.5) is 4.39 Å². The minimum atomic E-state index is -0.382. The summed E-state index contributed by atoms with van der Waals surface area (Å²) in [5, 5.41) is 4.89. The van der Waals surface area contributed by atoms with E-state index in [-0.39, 0.29) is 17.8 Å². The summed E-state index contributed by atoms with van der Waals surface area (Å²) in [5.74, 6) is -0.197. The molecule has 0 radical (unpaired) electrons. The Labute approximate surface area is 200 Å². The van der Waals surface area contributed by atoms with Gasteiger partial charge in [-0.15, -0.1) is 0 Å². The van der Waals surface area contributed by atoms with Gasteiger partial charge in [-0.3, -0.25) is 4.79 Å². The molecule has 0 saturated heterocycles. The van der Waals surface area contributed by atoms with E-state index in [1.807, 2.05) is 18.2 Å². The van der Waals surface area contributed by atoms with Gasteiger partial charge in [-0.1, -0.05) is 70.8 Å². The van der Waals surface area contributed by atoms with Crippen LogP contribution in [0, 0.1) is 12.7 Å². The third-order valence-electron chi connectivity index (χ3n) is 6.01. The smallest absolute Gasteiger partial charge is 0.260 e. The Morgan fingerprint density at radius 3 is 2.45 bits per heavy atom. The molecule has 33 heavy (non-hydrogen) atoms. The van der Waals surface area contributed by atoms with Gasteiger partial charge >= 0.3 is 0 Å². The lowest BCUT2D eigenvalue weighted by molar-refractivity contribution is 0.0693. The number of aromatic nitrogens is 1. The molecule has 0 unspecified atom stereocenters. The van der Waals surface area contributed by atoms with Gasteiger partial charge in [0.1, 0.15) is 22.8 Å². The second-order valence-corrected chi connectivity index (χ2v) is 8.77. The van der Waals surface area contributed by atoms with Crippen molar-refractivity contribution in [1.29, 1.82) is 0 Å².